The number of halogens is 1. The number of aromatic nitrogens is 1. The molecule has 2 aromatic rings. The lowest BCUT2D eigenvalue weighted by Crippen LogP contribution is -1.83. The molecule has 1 heterocycles. The van der Waals surface area contributed by atoms with Gasteiger partial charge in [0.15, 0.2) is 0 Å². The van der Waals surface area contributed by atoms with E-state index in [1.807, 2.05) is 0 Å². The van der Waals surface area contributed by atoms with E-state index in [0.29, 0.717) is 0 Å². The fourth-order valence-electron chi connectivity index (χ4n) is 1.76. The maximum absolute atomic E-state index is 3.46. The number of hydrogen-bond acceptors (Lipinski definition) is 0. The van der Waals surface area contributed by atoms with Crippen LogP contribution in [0.15, 0.2) is 24.4 Å². The van der Waals surface area contributed by atoms with E-state index >= 15 is 0 Å². The number of hydrogen-bond donors (Lipinski definition) is 1. The maximum atomic E-state index is 3.46. The first kappa shape index (κ1) is 9.78. The fourth-order valence-corrected chi connectivity index (χ4v) is 2.04. The summed E-state index contributed by atoms with van der Waals surface area (Å²) in [5, 5.41) is 2.46. The largest absolute Gasteiger partial charge is 0.361 e. The van der Waals surface area contributed by atoms with Gasteiger partial charge < -0.3 is 4.98 Å². The molecule has 14 heavy (non-hydrogen) atoms. The second kappa shape index (κ2) is 4.18. The first-order valence-corrected chi connectivity index (χ1v) is 6.06. The summed E-state index contributed by atoms with van der Waals surface area (Å²) >= 11 is 3.46. The monoisotopic (exact) mass is 251 g/mol. The molecule has 1 aromatic carbocycles. The minimum Gasteiger partial charge on any atom is -0.361 e. The Hall–Kier alpha value is -0.760. The van der Waals surface area contributed by atoms with E-state index in [4.69, 9.17) is 0 Å². The van der Waals surface area contributed by atoms with Crippen molar-refractivity contribution in [2.75, 3.05) is 5.33 Å². The van der Waals surface area contributed by atoms with Crippen molar-refractivity contribution in [2.45, 2.75) is 19.8 Å². The van der Waals surface area contributed by atoms with Crippen molar-refractivity contribution in [3.8, 4) is 0 Å². The van der Waals surface area contributed by atoms with Crippen molar-refractivity contribution in [3.05, 3.63) is 35.5 Å². The third-order valence-corrected chi connectivity index (χ3v) is 3.06. The number of benzene rings is 1. The molecular weight excluding hydrogens is 238 g/mol. The zero-order valence-corrected chi connectivity index (χ0v) is 9.89. The zero-order valence-electron chi connectivity index (χ0n) is 8.31. The zero-order chi connectivity index (χ0) is 9.97. The van der Waals surface area contributed by atoms with Crippen LogP contribution in [0, 0.1) is 6.92 Å². The Morgan fingerprint density at radius 2 is 2.21 bits per heavy atom. The van der Waals surface area contributed by atoms with Crippen molar-refractivity contribution in [1.82, 2.24) is 4.98 Å². The molecule has 0 spiro atoms. The minimum atomic E-state index is 1.07. The third-order valence-electron chi connectivity index (χ3n) is 2.50. The Morgan fingerprint density at radius 1 is 1.36 bits per heavy atom. The lowest BCUT2D eigenvalue weighted by molar-refractivity contribution is 0.947. The predicted octanol–water partition coefficient (Wildman–Crippen LogP) is 3.80. The van der Waals surface area contributed by atoms with Gasteiger partial charge in [0.2, 0.25) is 0 Å². The van der Waals surface area contributed by atoms with Crippen LogP contribution >= 0.6 is 15.9 Å². The van der Waals surface area contributed by atoms with E-state index in [2.05, 4.69) is 52.2 Å². The molecule has 1 N–H and O–H groups in total. The number of rotatable bonds is 3. The Kier molecular flexibility index (Phi) is 2.92. The van der Waals surface area contributed by atoms with Crippen molar-refractivity contribution in [1.29, 1.82) is 0 Å². The van der Waals surface area contributed by atoms with Crippen molar-refractivity contribution in [2.24, 2.45) is 0 Å². The highest BCUT2D eigenvalue weighted by Crippen LogP contribution is 2.20. The van der Waals surface area contributed by atoms with Crippen molar-refractivity contribution in [3.63, 3.8) is 0 Å². The van der Waals surface area contributed by atoms with Gasteiger partial charge in [0.25, 0.3) is 0 Å². The number of fused-ring (bicyclic) bond motifs is 1. The highest BCUT2D eigenvalue weighted by molar-refractivity contribution is 9.09. The summed E-state index contributed by atoms with van der Waals surface area (Å²) in [6.07, 6.45) is 4.47. The van der Waals surface area contributed by atoms with Crippen LogP contribution in [0.5, 0.6) is 0 Å². The molecule has 0 amide bonds. The molecule has 1 nitrogen and oxygen atoms in total. The van der Waals surface area contributed by atoms with E-state index in [0.717, 1.165) is 11.8 Å². The fraction of sp³-hybridized carbons (Fsp3) is 0.333. The summed E-state index contributed by atoms with van der Waals surface area (Å²) in [7, 11) is 0. The second-order valence-corrected chi connectivity index (χ2v) is 4.45. The molecule has 0 fully saturated rings. The molecule has 0 aliphatic rings. The average Bonchev–Trinajstić information content (AvgIpc) is 2.57. The second-order valence-electron chi connectivity index (χ2n) is 3.66. The van der Waals surface area contributed by atoms with Gasteiger partial charge in [-0.2, -0.15) is 0 Å². The molecule has 74 valence electrons. The number of alkyl halides is 1. The van der Waals surface area contributed by atoms with Crippen LogP contribution in [0.3, 0.4) is 0 Å². The first-order chi connectivity index (χ1) is 6.81. The summed E-state index contributed by atoms with van der Waals surface area (Å²) in [6.45, 7) is 2.14. The Bertz CT molecular complexity index is 431. The number of aryl methyl sites for hydroxylation is 2. The molecule has 0 atom stereocenters. The highest BCUT2D eigenvalue weighted by atomic mass is 79.9. The van der Waals surface area contributed by atoms with Crippen LogP contribution < -0.4 is 0 Å². The molecule has 0 aliphatic heterocycles. The topological polar surface area (TPSA) is 15.8 Å². The minimum absolute atomic E-state index is 1.07. The van der Waals surface area contributed by atoms with E-state index < -0.39 is 0 Å². The van der Waals surface area contributed by atoms with Gasteiger partial charge in [0.05, 0.1) is 0 Å². The van der Waals surface area contributed by atoms with E-state index in [1.165, 1.54) is 28.5 Å². The van der Waals surface area contributed by atoms with Gasteiger partial charge >= 0.3 is 0 Å². The Labute approximate surface area is 92.6 Å². The molecule has 0 radical (unpaired) electrons. The van der Waals surface area contributed by atoms with Crippen LogP contribution in [-0.2, 0) is 6.42 Å². The molecule has 0 saturated carbocycles. The number of H-pyrrole nitrogens is 1. The van der Waals surface area contributed by atoms with Gasteiger partial charge in [0.1, 0.15) is 0 Å². The predicted molar refractivity (Wildman–Crippen MR) is 65.2 cm³/mol. The van der Waals surface area contributed by atoms with Gasteiger partial charge in [-0.3, -0.25) is 0 Å². The van der Waals surface area contributed by atoms with Crippen molar-refractivity contribution < 1.29 is 0 Å². The van der Waals surface area contributed by atoms with Crippen LogP contribution in [0.25, 0.3) is 10.9 Å². The summed E-state index contributed by atoms with van der Waals surface area (Å²) in [5.74, 6) is 0. The van der Waals surface area contributed by atoms with Crippen molar-refractivity contribution >= 4 is 26.8 Å². The van der Waals surface area contributed by atoms with E-state index in [1.54, 1.807) is 0 Å². The molecule has 0 saturated heterocycles. The van der Waals surface area contributed by atoms with Gasteiger partial charge in [-0.15, -0.1) is 0 Å². The standard InChI is InChI=1S/C12H14BrN/c1-9-4-5-12-11(7-9)10(8-14-12)3-2-6-13/h4-5,7-8,14H,2-3,6H2,1H3. The van der Waals surface area contributed by atoms with Gasteiger partial charge in [0, 0.05) is 22.4 Å². The molecular formula is C12H14BrN. The summed E-state index contributed by atoms with van der Waals surface area (Å²) in [6, 6.07) is 6.56. The van der Waals surface area contributed by atoms with Crippen LogP contribution in [0.1, 0.15) is 17.5 Å². The molecule has 0 unspecified atom stereocenters. The van der Waals surface area contributed by atoms with Gasteiger partial charge in [-0.25, -0.2) is 0 Å². The lowest BCUT2D eigenvalue weighted by atomic mass is 10.1. The molecule has 2 rings (SSSR count). The normalized spacial score (nSPS) is 11.0. The van der Waals surface area contributed by atoms with E-state index in [9.17, 15) is 0 Å². The average molecular weight is 252 g/mol. The summed E-state index contributed by atoms with van der Waals surface area (Å²) in [5.41, 5.74) is 4.01. The Balaban J connectivity index is 2.40. The number of nitrogens with one attached hydrogen (secondary N) is 1. The Morgan fingerprint density at radius 3 is 3.00 bits per heavy atom. The molecule has 0 aliphatic carbocycles. The highest BCUT2D eigenvalue weighted by Gasteiger charge is 2.02. The molecule has 1 aromatic heterocycles. The van der Waals surface area contributed by atoms with Gasteiger partial charge in [-0.1, -0.05) is 27.6 Å². The third kappa shape index (κ3) is 1.85. The molecule has 2 heteroatoms. The maximum Gasteiger partial charge on any atom is 0.0456 e. The van der Waals surface area contributed by atoms with Crippen LogP contribution in [0.4, 0.5) is 0 Å². The van der Waals surface area contributed by atoms with Gasteiger partial charge in [-0.05, 0) is 37.5 Å². The smallest absolute Gasteiger partial charge is 0.0456 e. The molecule has 0 bridgehead atoms. The summed E-state index contributed by atoms with van der Waals surface area (Å²) < 4.78 is 0. The summed E-state index contributed by atoms with van der Waals surface area (Å²) in [4.78, 5) is 3.31. The first-order valence-electron chi connectivity index (χ1n) is 4.94. The quantitative estimate of drug-likeness (QED) is 0.799. The van der Waals surface area contributed by atoms with E-state index in [-0.39, 0.29) is 0 Å². The number of aromatic amines is 1. The SMILES string of the molecule is Cc1ccc2[nH]cc(CCCBr)c2c1. The van der Waals surface area contributed by atoms with Crippen LogP contribution in [-0.4, -0.2) is 10.3 Å². The lowest BCUT2D eigenvalue weighted by Gasteiger charge is -1.98. The van der Waals surface area contributed by atoms with Crippen LogP contribution in [0.2, 0.25) is 0 Å².